The summed E-state index contributed by atoms with van der Waals surface area (Å²) >= 11 is 6.77. The number of halogens is 5. The van der Waals surface area contributed by atoms with Gasteiger partial charge < -0.3 is 35.5 Å². The zero-order chi connectivity index (χ0) is 34.3. The lowest BCUT2D eigenvalue weighted by atomic mass is 9.98. The number of ether oxygens (including phenoxy) is 3. The molecule has 4 aromatic rings. The number of aromatic nitrogens is 5. The van der Waals surface area contributed by atoms with Crippen molar-refractivity contribution in [3.8, 4) is 23.0 Å². The standard InChI is InChI=1S/C31H34ClF4N9O3/c1-15-14-18(37)41-25(21(15)31(34,35)36)19-22(32)27-20-26(23(19)33)42-30(48-17-4-8-44(9-5-17)10-12-46-3)43-29(20)45(11-13-47-27)16(2)24-28(38)40-7-6-39-24/h6-7,14,16-17H,4-5,8-13H2,1-3H3,(H2,37,41)(H2,38,40)/t16-/m1/s1. The highest BCUT2D eigenvalue weighted by Crippen LogP contribution is 2.51. The molecule has 6 rings (SSSR count). The Morgan fingerprint density at radius 3 is 2.52 bits per heavy atom. The molecule has 1 atom stereocenters. The Morgan fingerprint density at radius 1 is 1.10 bits per heavy atom. The van der Waals surface area contributed by atoms with Gasteiger partial charge in [0, 0.05) is 39.1 Å². The molecule has 0 aliphatic carbocycles. The number of benzene rings is 1. The average Bonchev–Trinajstić information content (AvgIpc) is 3.22. The van der Waals surface area contributed by atoms with Gasteiger partial charge in [-0.05, 0) is 38.3 Å². The number of hydrogen-bond donors (Lipinski definition) is 2. The SMILES string of the molecule is COCCN1CCC(Oc2nc3c4c(c(Cl)c(-c5nc(N)cc(C)c5C(F)(F)F)c(F)c4n2)OCCN3[C@H](C)c2nccnc2N)CC1. The number of nitrogens with zero attached hydrogens (tertiary/aromatic N) is 7. The summed E-state index contributed by atoms with van der Waals surface area (Å²) in [5.74, 6) is -1.16. The second-order valence-corrected chi connectivity index (χ2v) is 12.0. The fourth-order valence-corrected chi connectivity index (χ4v) is 6.58. The van der Waals surface area contributed by atoms with Crippen molar-refractivity contribution < 1.29 is 31.8 Å². The minimum atomic E-state index is -4.91. The highest BCUT2D eigenvalue weighted by atomic mass is 35.5. The van der Waals surface area contributed by atoms with E-state index in [2.05, 4.69) is 24.8 Å². The van der Waals surface area contributed by atoms with Crippen molar-refractivity contribution in [3.63, 3.8) is 0 Å². The maximum atomic E-state index is 16.9. The van der Waals surface area contributed by atoms with E-state index < -0.39 is 39.9 Å². The van der Waals surface area contributed by atoms with E-state index in [0.29, 0.717) is 25.1 Å². The van der Waals surface area contributed by atoms with Crippen LogP contribution in [0.25, 0.3) is 22.2 Å². The third-order valence-electron chi connectivity index (χ3n) is 8.59. The van der Waals surface area contributed by atoms with Gasteiger partial charge >= 0.3 is 12.2 Å². The van der Waals surface area contributed by atoms with Crippen LogP contribution in [-0.4, -0.2) is 82.4 Å². The summed E-state index contributed by atoms with van der Waals surface area (Å²) in [6.07, 6.45) is -0.982. The van der Waals surface area contributed by atoms with E-state index in [1.165, 1.54) is 19.3 Å². The van der Waals surface area contributed by atoms with Crippen molar-refractivity contribution in [2.24, 2.45) is 0 Å². The van der Waals surface area contributed by atoms with Gasteiger partial charge in [-0.2, -0.15) is 23.1 Å². The molecule has 0 spiro atoms. The van der Waals surface area contributed by atoms with Crippen LogP contribution in [0.5, 0.6) is 11.8 Å². The summed E-state index contributed by atoms with van der Waals surface area (Å²) in [5, 5.41) is -0.387. The lowest BCUT2D eigenvalue weighted by Gasteiger charge is -2.32. The molecule has 256 valence electrons. The molecule has 0 amide bonds. The first-order chi connectivity index (χ1) is 22.9. The minimum absolute atomic E-state index is 0.00754. The number of rotatable bonds is 8. The zero-order valence-electron chi connectivity index (χ0n) is 26.4. The van der Waals surface area contributed by atoms with Crippen molar-refractivity contribution >= 4 is 40.0 Å². The topological polar surface area (TPSA) is 151 Å². The molecule has 5 heterocycles. The summed E-state index contributed by atoms with van der Waals surface area (Å²) in [5.41, 5.74) is 9.25. The van der Waals surface area contributed by atoms with Gasteiger partial charge in [0.2, 0.25) is 0 Å². The van der Waals surface area contributed by atoms with Crippen LogP contribution in [0.4, 0.5) is 35.0 Å². The summed E-state index contributed by atoms with van der Waals surface area (Å²) in [6.45, 7) is 6.04. The molecule has 0 saturated carbocycles. The van der Waals surface area contributed by atoms with E-state index >= 15 is 4.39 Å². The van der Waals surface area contributed by atoms with E-state index in [-0.39, 0.29) is 64.9 Å². The van der Waals surface area contributed by atoms with Crippen LogP contribution in [-0.2, 0) is 10.9 Å². The maximum Gasteiger partial charge on any atom is 0.418 e. The van der Waals surface area contributed by atoms with E-state index in [0.717, 1.165) is 25.7 Å². The second kappa shape index (κ2) is 13.3. The molecule has 48 heavy (non-hydrogen) atoms. The quantitative estimate of drug-likeness (QED) is 0.233. The number of likely N-dealkylation sites (tertiary alicyclic amines) is 1. The Kier molecular flexibility index (Phi) is 9.33. The summed E-state index contributed by atoms with van der Waals surface area (Å²) in [4.78, 5) is 25.7. The number of piperidine rings is 1. The highest BCUT2D eigenvalue weighted by Gasteiger charge is 2.40. The second-order valence-electron chi connectivity index (χ2n) is 11.7. The molecular weight excluding hydrogens is 658 g/mol. The molecule has 12 nitrogen and oxygen atoms in total. The lowest BCUT2D eigenvalue weighted by Crippen LogP contribution is -2.40. The molecule has 17 heteroatoms. The highest BCUT2D eigenvalue weighted by molar-refractivity contribution is 6.36. The Morgan fingerprint density at radius 2 is 1.83 bits per heavy atom. The van der Waals surface area contributed by atoms with Crippen molar-refractivity contribution in [2.75, 3.05) is 62.9 Å². The summed E-state index contributed by atoms with van der Waals surface area (Å²) in [6, 6.07) is 0.347. The Bertz CT molecular complexity index is 1840. The molecule has 2 aliphatic rings. The third kappa shape index (κ3) is 6.31. The van der Waals surface area contributed by atoms with Gasteiger partial charge in [-0.15, -0.1) is 0 Å². The number of anilines is 3. The molecule has 1 aromatic carbocycles. The molecule has 4 N–H and O–H groups in total. The molecule has 1 saturated heterocycles. The summed E-state index contributed by atoms with van der Waals surface area (Å²) < 4.78 is 77.7. The first kappa shape index (κ1) is 33.6. The predicted molar refractivity (Wildman–Crippen MR) is 172 cm³/mol. The number of pyridine rings is 1. The van der Waals surface area contributed by atoms with Crippen LogP contribution in [0.15, 0.2) is 18.5 Å². The van der Waals surface area contributed by atoms with Crippen LogP contribution in [0, 0.1) is 12.7 Å². The summed E-state index contributed by atoms with van der Waals surface area (Å²) in [7, 11) is 1.65. The first-order valence-corrected chi connectivity index (χ1v) is 15.7. The number of alkyl halides is 3. The van der Waals surface area contributed by atoms with E-state index in [9.17, 15) is 13.2 Å². The predicted octanol–water partition coefficient (Wildman–Crippen LogP) is 5.22. The smallest absolute Gasteiger partial charge is 0.418 e. The van der Waals surface area contributed by atoms with Crippen LogP contribution < -0.4 is 25.8 Å². The van der Waals surface area contributed by atoms with E-state index in [1.807, 2.05) is 6.92 Å². The van der Waals surface area contributed by atoms with Gasteiger partial charge in [-0.25, -0.2) is 14.4 Å². The first-order valence-electron chi connectivity index (χ1n) is 15.3. The van der Waals surface area contributed by atoms with Gasteiger partial charge in [0.1, 0.15) is 41.4 Å². The average molecular weight is 692 g/mol. The molecule has 0 radical (unpaired) electrons. The van der Waals surface area contributed by atoms with Crippen molar-refractivity contribution in [1.29, 1.82) is 0 Å². The van der Waals surface area contributed by atoms with Crippen molar-refractivity contribution in [1.82, 2.24) is 29.8 Å². The van der Waals surface area contributed by atoms with Crippen molar-refractivity contribution in [3.05, 3.63) is 46.1 Å². The van der Waals surface area contributed by atoms with E-state index in [4.69, 9.17) is 42.3 Å². The largest absolute Gasteiger partial charge is 0.489 e. The number of nitrogen functional groups attached to an aromatic ring is 2. The Balaban J connectivity index is 1.55. The number of hydrogen-bond acceptors (Lipinski definition) is 12. The fourth-order valence-electron chi connectivity index (χ4n) is 6.25. The zero-order valence-corrected chi connectivity index (χ0v) is 27.2. The normalized spacial score (nSPS) is 16.5. The number of methoxy groups -OCH3 is 1. The molecule has 1 fully saturated rings. The minimum Gasteiger partial charge on any atom is -0.489 e. The fraction of sp³-hybridized carbons (Fsp3) is 0.452. The van der Waals surface area contributed by atoms with Crippen LogP contribution in [0.3, 0.4) is 0 Å². The van der Waals surface area contributed by atoms with E-state index in [1.54, 1.807) is 12.0 Å². The third-order valence-corrected chi connectivity index (χ3v) is 8.95. The molecule has 0 unspecified atom stereocenters. The Labute approximate surface area is 278 Å². The van der Waals surface area contributed by atoms with Gasteiger partial charge in [-0.3, -0.25) is 4.98 Å². The van der Waals surface area contributed by atoms with Crippen LogP contribution in [0.2, 0.25) is 5.02 Å². The van der Waals surface area contributed by atoms with Crippen LogP contribution >= 0.6 is 11.6 Å². The maximum absolute atomic E-state index is 16.9. The molecule has 2 aliphatic heterocycles. The molecule has 3 aromatic heterocycles. The monoisotopic (exact) mass is 691 g/mol. The number of nitrogens with two attached hydrogens (primary N) is 2. The number of aryl methyl sites for hydroxylation is 1. The molecule has 0 bridgehead atoms. The van der Waals surface area contributed by atoms with Crippen LogP contribution in [0.1, 0.15) is 42.6 Å². The van der Waals surface area contributed by atoms with Crippen molar-refractivity contribution in [2.45, 2.75) is 45.0 Å². The lowest BCUT2D eigenvalue weighted by molar-refractivity contribution is -0.137. The Hall–Kier alpha value is -4.28. The van der Waals surface area contributed by atoms with Gasteiger partial charge in [0.05, 0.1) is 46.4 Å². The van der Waals surface area contributed by atoms with Gasteiger partial charge in [0.15, 0.2) is 11.6 Å². The molecular formula is C31H34ClF4N9O3. The van der Waals surface area contributed by atoms with Gasteiger partial charge in [-0.1, -0.05) is 11.6 Å². The van der Waals surface area contributed by atoms with Gasteiger partial charge in [0.25, 0.3) is 0 Å².